The van der Waals surface area contributed by atoms with Gasteiger partial charge < -0.3 is 14.8 Å². The van der Waals surface area contributed by atoms with Crippen LogP contribution in [0.5, 0.6) is 0 Å². The molecular weight excluding hydrogens is 118 g/mol. The van der Waals surface area contributed by atoms with Gasteiger partial charge in [0.15, 0.2) is 0 Å². The molecule has 0 unspecified atom stereocenters. The summed E-state index contributed by atoms with van der Waals surface area (Å²) in [5.74, 6) is 0. The van der Waals surface area contributed by atoms with Crippen LogP contribution in [0.3, 0.4) is 0 Å². The topological polar surface area (TPSA) is 30.5 Å². The zero-order valence-corrected chi connectivity index (χ0v) is 5.22. The molecule has 0 aromatic carbocycles. The van der Waals surface area contributed by atoms with E-state index in [2.05, 4.69) is 10.1 Å². The van der Waals surface area contributed by atoms with Gasteiger partial charge in [0.2, 0.25) is 0 Å². The van der Waals surface area contributed by atoms with Crippen LogP contribution in [-0.2, 0) is 9.47 Å². The Bertz CT molecular complexity index is 133. The molecule has 0 saturated carbocycles. The van der Waals surface area contributed by atoms with Gasteiger partial charge in [-0.05, 0) is 0 Å². The Labute approximate surface area is 59.5 Å². The van der Waals surface area contributed by atoms with E-state index in [1.54, 1.807) is 0 Å². The Kier molecular flexibility index (Phi) is 1.66. The number of hydrogen-bond acceptors (Lipinski definition) is 3. The fraction of sp³-hybridized carbons (Fsp3) is 1.00. The highest BCUT2D eigenvalue weighted by Gasteiger charge is 2.11. The lowest BCUT2D eigenvalue weighted by molar-refractivity contribution is -0.0188. The fourth-order valence-electron chi connectivity index (χ4n) is 0.820. The molecule has 9 heavy (non-hydrogen) atoms. The first kappa shape index (κ1) is 3.91. The van der Waals surface area contributed by atoms with Gasteiger partial charge in [-0.25, -0.2) is 0 Å². The number of hydrogen-bond donors (Lipinski definition) is 1. The van der Waals surface area contributed by atoms with Crippen molar-refractivity contribution in [1.82, 2.24) is 5.32 Å². The van der Waals surface area contributed by atoms with Gasteiger partial charge in [-0.15, -0.1) is 0 Å². The molecule has 1 rings (SSSR count). The van der Waals surface area contributed by atoms with E-state index in [1.807, 2.05) is 0 Å². The van der Waals surface area contributed by atoms with Crippen molar-refractivity contribution in [3.8, 4) is 0 Å². The van der Waals surface area contributed by atoms with Crippen molar-refractivity contribution in [3.63, 3.8) is 0 Å². The third-order valence-electron chi connectivity index (χ3n) is 1.27. The van der Waals surface area contributed by atoms with E-state index in [-0.39, 0.29) is 12.7 Å². The largest absolute Gasteiger partial charge is 0.382 e. The molecule has 1 aliphatic heterocycles. The molecule has 0 amide bonds. The molecule has 0 spiro atoms. The summed E-state index contributed by atoms with van der Waals surface area (Å²) in [7, 11) is -2.30. The van der Waals surface area contributed by atoms with E-state index in [0.717, 1.165) is 6.54 Å². The first-order valence-corrected chi connectivity index (χ1v) is 3.04. The van der Waals surface area contributed by atoms with Crippen LogP contribution in [0.4, 0.5) is 0 Å². The monoisotopic (exact) mass is 134 g/mol. The van der Waals surface area contributed by atoms with Crippen LogP contribution in [0.1, 0.15) is 4.11 Å². The molecule has 1 heterocycles. The van der Waals surface area contributed by atoms with Crippen molar-refractivity contribution >= 4 is 0 Å². The van der Waals surface area contributed by atoms with Gasteiger partial charge in [-0.2, -0.15) is 0 Å². The van der Waals surface area contributed by atoms with E-state index in [4.69, 9.17) is 8.85 Å². The van der Waals surface area contributed by atoms with Crippen LogP contribution < -0.4 is 5.32 Å². The van der Waals surface area contributed by atoms with Gasteiger partial charge in [0.25, 0.3) is 0 Å². The van der Waals surface area contributed by atoms with Crippen molar-refractivity contribution in [2.24, 2.45) is 0 Å². The lowest BCUT2D eigenvalue weighted by Crippen LogP contribution is -2.40. The molecule has 1 atom stereocenters. The number of rotatable bonds is 2. The maximum absolute atomic E-state index is 6.79. The zero-order valence-electron chi connectivity index (χ0n) is 8.22. The third kappa shape index (κ3) is 2.30. The molecule has 54 valence electrons. The van der Waals surface area contributed by atoms with Crippen molar-refractivity contribution in [2.45, 2.75) is 6.10 Å². The van der Waals surface area contributed by atoms with Gasteiger partial charge in [-0.3, -0.25) is 0 Å². The molecule has 1 fully saturated rings. The molecule has 0 aromatic rings. The maximum Gasteiger partial charge on any atom is 0.0932 e. The highest BCUT2D eigenvalue weighted by Crippen LogP contribution is 1.94. The average Bonchev–Trinajstić information content (AvgIpc) is 2.02. The molecule has 0 aromatic heterocycles. The SMILES string of the molecule is [2H]C([2H])([2H])OC[C@H]1CNCCO1. The van der Waals surface area contributed by atoms with Crippen LogP contribution in [0, 0.1) is 0 Å². The van der Waals surface area contributed by atoms with Crippen LogP contribution in [0.15, 0.2) is 0 Å². The van der Waals surface area contributed by atoms with Gasteiger partial charge in [0.05, 0.1) is 23.4 Å². The second-order valence-corrected chi connectivity index (χ2v) is 2.01. The van der Waals surface area contributed by atoms with Gasteiger partial charge in [0, 0.05) is 20.1 Å². The molecule has 0 bridgehead atoms. The standard InChI is InChI=1S/C6H13NO2/c1-8-5-6-4-7-2-3-9-6/h6-7H,2-5H2,1H3/t6-/m1/s1/i1D3. The van der Waals surface area contributed by atoms with Crippen molar-refractivity contribution < 1.29 is 13.6 Å². The Hall–Kier alpha value is -0.120. The van der Waals surface area contributed by atoms with Crippen molar-refractivity contribution in [1.29, 1.82) is 0 Å². The minimum Gasteiger partial charge on any atom is -0.382 e. The summed E-state index contributed by atoms with van der Waals surface area (Å²) in [6.45, 7) is 2.23. The minimum absolute atomic E-state index is 0.126. The normalized spacial score (nSPS) is 34.7. The smallest absolute Gasteiger partial charge is 0.0932 e. The second kappa shape index (κ2) is 3.82. The van der Waals surface area contributed by atoms with Crippen LogP contribution in [-0.4, -0.2) is 39.4 Å². The molecule has 1 saturated heterocycles. The van der Waals surface area contributed by atoms with Crippen LogP contribution in [0.2, 0.25) is 0 Å². The highest BCUT2D eigenvalue weighted by atomic mass is 16.5. The summed E-state index contributed by atoms with van der Waals surface area (Å²) >= 11 is 0. The summed E-state index contributed by atoms with van der Waals surface area (Å²) in [6.07, 6.45) is -0.126. The average molecular weight is 134 g/mol. The Morgan fingerprint density at radius 1 is 2.00 bits per heavy atom. The number of nitrogens with one attached hydrogen (secondary N) is 1. The predicted molar refractivity (Wildman–Crippen MR) is 34.5 cm³/mol. The highest BCUT2D eigenvalue weighted by molar-refractivity contribution is 4.65. The van der Waals surface area contributed by atoms with E-state index in [1.165, 1.54) is 0 Å². The molecule has 0 aliphatic carbocycles. The summed E-state index contributed by atoms with van der Waals surface area (Å²) in [5.41, 5.74) is 0. The number of methoxy groups -OCH3 is 1. The second-order valence-electron chi connectivity index (χ2n) is 2.01. The summed E-state index contributed by atoms with van der Waals surface area (Å²) in [6, 6.07) is 0. The first-order chi connectivity index (χ1) is 5.58. The van der Waals surface area contributed by atoms with E-state index in [0.29, 0.717) is 13.2 Å². The van der Waals surface area contributed by atoms with Crippen LogP contribution in [0.25, 0.3) is 0 Å². The Morgan fingerprint density at radius 3 is 3.67 bits per heavy atom. The van der Waals surface area contributed by atoms with E-state index < -0.39 is 7.04 Å². The zero-order chi connectivity index (χ0) is 9.03. The summed E-state index contributed by atoms with van der Waals surface area (Å²) < 4.78 is 30.2. The molecule has 3 nitrogen and oxygen atoms in total. The van der Waals surface area contributed by atoms with Gasteiger partial charge in [-0.1, -0.05) is 0 Å². The number of morpholine rings is 1. The summed E-state index contributed by atoms with van der Waals surface area (Å²) in [5, 5.41) is 3.08. The number of ether oxygens (including phenoxy) is 2. The first-order valence-electron chi connectivity index (χ1n) is 4.54. The summed E-state index contributed by atoms with van der Waals surface area (Å²) in [4.78, 5) is 0. The van der Waals surface area contributed by atoms with E-state index in [9.17, 15) is 0 Å². The van der Waals surface area contributed by atoms with E-state index >= 15 is 0 Å². The molecule has 1 aliphatic rings. The lowest BCUT2D eigenvalue weighted by atomic mass is 10.3. The Balaban J connectivity index is 2.13. The molecule has 0 radical (unpaired) electrons. The molecule has 1 N–H and O–H groups in total. The minimum atomic E-state index is -2.30. The maximum atomic E-state index is 6.79. The molecular formula is C6H13NO2. The lowest BCUT2D eigenvalue weighted by Gasteiger charge is -2.22. The fourth-order valence-corrected chi connectivity index (χ4v) is 0.820. The van der Waals surface area contributed by atoms with Gasteiger partial charge in [0.1, 0.15) is 0 Å². The van der Waals surface area contributed by atoms with Crippen molar-refractivity contribution in [2.75, 3.05) is 33.3 Å². The predicted octanol–water partition coefficient (Wildman–Crippen LogP) is -0.379. The van der Waals surface area contributed by atoms with Crippen molar-refractivity contribution in [3.05, 3.63) is 0 Å². The Morgan fingerprint density at radius 2 is 3.00 bits per heavy atom. The van der Waals surface area contributed by atoms with Gasteiger partial charge >= 0.3 is 0 Å². The molecule has 3 heteroatoms. The quantitative estimate of drug-likeness (QED) is 0.558. The van der Waals surface area contributed by atoms with Crippen LogP contribution >= 0.6 is 0 Å². The third-order valence-corrected chi connectivity index (χ3v) is 1.27.